The van der Waals surface area contributed by atoms with E-state index >= 15 is 0 Å². The van der Waals surface area contributed by atoms with Gasteiger partial charge in [-0.05, 0) is 54.6 Å². The first-order valence-corrected chi connectivity index (χ1v) is 8.57. The molecule has 0 radical (unpaired) electrons. The lowest BCUT2D eigenvalue weighted by Gasteiger charge is -2.22. The van der Waals surface area contributed by atoms with Gasteiger partial charge >= 0.3 is 0 Å². The Bertz CT molecular complexity index is 545. The average Bonchev–Trinajstić information content (AvgIpc) is 3.13. The lowest BCUT2D eigenvalue weighted by Crippen LogP contribution is -2.26. The van der Waals surface area contributed by atoms with Gasteiger partial charge in [0, 0.05) is 17.3 Å². The molecule has 0 saturated carbocycles. The molecular weight excluding hydrogens is 266 g/mol. The van der Waals surface area contributed by atoms with Crippen molar-refractivity contribution in [3.63, 3.8) is 0 Å². The molecule has 0 aliphatic carbocycles. The Kier molecular flexibility index (Phi) is 4.71. The summed E-state index contributed by atoms with van der Waals surface area (Å²) in [5, 5.41) is 7.28. The fourth-order valence-electron chi connectivity index (χ4n) is 3.02. The van der Waals surface area contributed by atoms with Crippen molar-refractivity contribution in [2.75, 3.05) is 13.2 Å². The zero-order valence-electron chi connectivity index (χ0n) is 12.1. The van der Waals surface area contributed by atoms with Crippen molar-refractivity contribution in [2.45, 2.75) is 44.8 Å². The largest absolute Gasteiger partial charge is 0.378 e. The molecule has 1 aliphatic rings. The molecule has 2 unspecified atom stereocenters. The van der Waals surface area contributed by atoms with Gasteiger partial charge in [0.15, 0.2) is 0 Å². The lowest BCUT2D eigenvalue weighted by atomic mass is 9.98. The normalized spacial score (nSPS) is 20.6. The van der Waals surface area contributed by atoms with Crippen molar-refractivity contribution >= 4 is 21.4 Å². The number of hydrogen-bond acceptors (Lipinski definition) is 3. The van der Waals surface area contributed by atoms with E-state index in [1.54, 1.807) is 0 Å². The van der Waals surface area contributed by atoms with E-state index in [4.69, 9.17) is 4.74 Å². The highest BCUT2D eigenvalue weighted by molar-refractivity contribution is 7.17. The Morgan fingerprint density at radius 2 is 2.35 bits per heavy atom. The number of nitrogens with one attached hydrogen (secondary N) is 1. The molecule has 108 valence electrons. The van der Waals surface area contributed by atoms with Crippen LogP contribution < -0.4 is 5.32 Å². The van der Waals surface area contributed by atoms with E-state index in [0.29, 0.717) is 12.1 Å². The van der Waals surface area contributed by atoms with Crippen LogP contribution in [0.25, 0.3) is 10.1 Å². The number of fused-ring (bicyclic) bond motifs is 1. The molecule has 1 saturated heterocycles. The van der Waals surface area contributed by atoms with Gasteiger partial charge in [0.2, 0.25) is 0 Å². The molecule has 2 aromatic rings. The van der Waals surface area contributed by atoms with Gasteiger partial charge in [-0.25, -0.2) is 0 Å². The highest BCUT2D eigenvalue weighted by Crippen LogP contribution is 2.33. The van der Waals surface area contributed by atoms with E-state index in [0.717, 1.165) is 19.6 Å². The fraction of sp³-hybridized carbons (Fsp3) is 0.529. The van der Waals surface area contributed by atoms with Crippen LogP contribution in [0.2, 0.25) is 0 Å². The summed E-state index contributed by atoms with van der Waals surface area (Å²) in [7, 11) is 0. The molecule has 2 atom stereocenters. The van der Waals surface area contributed by atoms with E-state index < -0.39 is 0 Å². The van der Waals surface area contributed by atoms with Crippen molar-refractivity contribution in [1.29, 1.82) is 0 Å². The van der Waals surface area contributed by atoms with Crippen LogP contribution in [0, 0.1) is 0 Å². The molecular formula is C17H23NOS. The summed E-state index contributed by atoms with van der Waals surface area (Å²) in [5.74, 6) is 0. The average molecular weight is 289 g/mol. The highest BCUT2D eigenvalue weighted by atomic mass is 32.1. The van der Waals surface area contributed by atoms with E-state index in [9.17, 15) is 0 Å². The van der Waals surface area contributed by atoms with E-state index in [1.165, 1.54) is 34.9 Å². The van der Waals surface area contributed by atoms with Crippen molar-refractivity contribution in [2.24, 2.45) is 0 Å². The van der Waals surface area contributed by atoms with Gasteiger partial charge in [-0.3, -0.25) is 0 Å². The Morgan fingerprint density at radius 1 is 1.40 bits per heavy atom. The molecule has 1 aromatic heterocycles. The summed E-state index contributed by atoms with van der Waals surface area (Å²) < 4.78 is 7.27. The van der Waals surface area contributed by atoms with Crippen LogP contribution >= 0.6 is 11.3 Å². The second-order valence-electron chi connectivity index (χ2n) is 5.56. The maximum atomic E-state index is 5.84. The first-order valence-electron chi connectivity index (χ1n) is 7.69. The summed E-state index contributed by atoms with van der Waals surface area (Å²) in [4.78, 5) is 0. The fourth-order valence-corrected chi connectivity index (χ4v) is 3.99. The summed E-state index contributed by atoms with van der Waals surface area (Å²) in [6.45, 7) is 4.23. The van der Waals surface area contributed by atoms with Crippen LogP contribution in [0.1, 0.15) is 44.2 Å². The Balaban J connectivity index is 1.84. The van der Waals surface area contributed by atoms with Gasteiger partial charge in [0.05, 0.1) is 6.10 Å². The number of benzene rings is 1. The monoisotopic (exact) mass is 289 g/mol. The van der Waals surface area contributed by atoms with Gasteiger partial charge < -0.3 is 10.1 Å². The number of hydrogen-bond donors (Lipinski definition) is 1. The lowest BCUT2D eigenvalue weighted by molar-refractivity contribution is 0.0947. The van der Waals surface area contributed by atoms with E-state index in [2.05, 4.69) is 41.9 Å². The Labute approximate surface area is 125 Å². The molecule has 3 rings (SSSR count). The summed E-state index contributed by atoms with van der Waals surface area (Å²) in [5.41, 5.74) is 1.45. The quantitative estimate of drug-likeness (QED) is 0.844. The minimum Gasteiger partial charge on any atom is -0.378 e. The molecule has 0 spiro atoms. The van der Waals surface area contributed by atoms with Crippen molar-refractivity contribution in [3.05, 3.63) is 35.2 Å². The minimum absolute atomic E-state index is 0.417. The van der Waals surface area contributed by atoms with Gasteiger partial charge in [0.25, 0.3) is 0 Å². The molecule has 0 amide bonds. The number of ether oxygens (including phenoxy) is 1. The molecule has 1 aromatic carbocycles. The van der Waals surface area contributed by atoms with Crippen LogP contribution in [0.4, 0.5) is 0 Å². The molecule has 0 bridgehead atoms. The molecule has 1 aliphatic heterocycles. The van der Waals surface area contributed by atoms with Crippen molar-refractivity contribution in [3.8, 4) is 0 Å². The molecule has 2 nitrogen and oxygen atoms in total. The van der Waals surface area contributed by atoms with Gasteiger partial charge in [-0.2, -0.15) is 0 Å². The van der Waals surface area contributed by atoms with Crippen LogP contribution in [0.5, 0.6) is 0 Å². The summed E-state index contributed by atoms with van der Waals surface area (Å²) in [6.07, 6.45) is 5.12. The van der Waals surface area contributed by atoms with Crippen LogP contribution in [0.3, 0.4) is 0 Å². The third-order valence-electron chi connectivity index (χ3n) is 4.05. The van der Waals surface area contributed by atoms with Crippen LogP contribution in [0.15, 0.2) is 29.6 Å². The first-order chi connectivity index (χ1) is 9.88. The Morgan fingerprint density at radius 3 is 3.15 bits per heavy atom. The zero-order valence-corrected chi connectivity index (χ0v) is 12.9. The molecule has 3 heteroatoms. The predicted octanol–water partition coefficient (Wildman–Crippen LogP) is 4.51. The maximum Gasteiger partial charge on any atom is 0.0594 e. The predicted molar refractivity (Wildman–Crippen MR) is 86.5 cm³/mol. The van der Waals surface area contributed by atoms with Crippen LogP contribution in [-0.2, 0) is 4.74 Å². The second kappa shape index (κ2) is 6.70. The molecule has 2 heterocycles. The topological polar surface area (TPSA) is 21.3 Å². The molecule has 1 fully saturated rings. The minimum atomic E-state index is 0.417. The molecule has 1 N–H and O–H groups in total. The van der Waals surface area contributed by atoms with Gasteiger partial charge in [-0.15, -0.1) is 11.3 Å². The highest BCUT2D eigenvalue weighted by Gasteiger charge is 2.23. The SMILES string of the molecule is CCCNC(CC1CCCO1)c1cccc2ccsc12. The van der Waals surface area contributed by atoms with Crippen molar-refractivity contribution < 1.29 is 4.74 Å². The third kappa shape index (κ3) is 3.05. The molecule has 20 heavy (non-hydrogen) atoms. The van der Waals surface area contributed by atoms with E-state index in [1.807, 2.05) is 11.3 Å². The summed E-state index contributed by atoms with van der Waals surface area (Å²) >= 11 is 1.85. The van der Waals surface area contributed by atoms with Crippen LogP contribution in [-0.4, -0.2) is 19.3 Å². The van der Waals surface area contributed by atoms with Gasteiger partial charge in [-0.1, -0.05) is 25.1 Å². The van der Waals surface area contributed by atoms with Gasteiger partial charge in [0.1, 0.15) is 0 Å². The van der Waals surface area contributed by atoms with E-state index in [-0.39, 0.29) is 0 Å². The van der Waals surface area contributed by atoms with Crippen molar-refractivity contribution in [1.82, 2.24) is 5.32 Å². The number of thiophene rings is 1. The second-order valence-corrected chi connectivity index (χ2v) is 6.48. The zero-order chi connectivity index (χ0) is 13.8. The smallest absolute Gasteiger partial charge is 0.0594 e. The maximum absolute atomic E-state index is 5.84. The Hall–Kier alpha value is -0.900. The number of rotatable bonds is 6. The first kappa shape index (κ1) is 14.1. The third-order valence-corrected chi connectivity index (χ3v) is 5.03. The summed E-state index contributed by atoms with van der Waals surface area (Å²) in [6, 6.07) is 9.30. The standard InChI is InChI=1S/C17H23NOS/c1-2-9-18-16(12-14-6-4-10-19-14)15-7-3-5-13-8-11-20-17(13)15/h3,5,7-8,11,14,16,18H,2,4,6,9-10,12H2,1H3.